The summed E-state index contributed by atoms with van der Waals surface area (Å²) in [6, 6.07) is 0. The van der Waals surface area contributed by atoms with E-state index in [9.17, 15) is 4.79 Å². The number of amides is 1. The molecule has 0 radical (unpaired) electrons. The maximum Gasteiger partial charge on any atom is 0.237 e. The van der Waals surface area contributed by atoms with Crippen LogP contribution in [-0.2, 0) is 4.79 Å². The number of carbonyl (C=O) groups excluding carboxylic acids is 1. The van der Waals surface area contributed by atoms with Gasteiger partial charge in [-0.25, -0.2) is 0 Å². The molecule has 4 nitrogen and oxygen atoms in total. The molecular formula is C7H11N3O. The SMILES string of the molecule is CN1CCC(C(=O)NC#N)C1. The molecule has 60 valence electrons. The molecule has 0 aromatic carbocycles. The first-order valence-electron chi connectivity index (χ1n) is 3.61. The third-order valence-electron chi connectivity index (χ3n) is 1.94. The van der Waals surface area contributed by atoms with Crippen molar-refractivity contribution in [2.24, 2.45) is 5.92 Å². The lowest BCUT2D eigenvalue weighted by Gasteiger charge is -2.06. The summed E-state index contributed by atoms with van der Waals surface area (Å²) in [6.45, 7) is 1.72. The Morgan fingerprint density at radius 1 is 1.82 bits per heavy atom. The fourth-order valence-corrected chi connectivity index (χ4v) is 1.31. The molecule has 1 heterocycles. The Morgan fingerprint density at radius 3 is 3.00 bits per heavy atom. The molecule has 0 aliphatic carbocycles. The summed E-state index contributed by atoms with van der Waals surface area (Å²) in [5.41, 5.74) is 0. The van der Waals surface area contributed by atoms with Gasteiger partial charge in [0.05, 0.1) is 5.92 Å². The highest BCUT2D eigenvalue weighted by molar-refractivity contribution is 5.80. The van der Waals surface area contributed by atoms with Gasteiger partial charge in [0.2, 0.25) is 5.91 Å². The zero-order chi connectivity index (χ0) is 8.27. The number of carbonyl (C=O) groups is 1. The molecule has 11 heavy (non-hydrogen) atoms. The molecule has 0 spiro atoms. The first-order chi connectivity index (χ1) is 5.24. The lowest BCUT2D eigenvalue weighted by atomic mass is 10.1. The van der Waals surface area contributed by atoms with E-state index in [1.54, 1.807) is 6.19 Å². The van der Waals surface area contributed by atoms with E-state index < -0.39 is 0 Å². The van der Waals surface area contributed by atoms with E-state index in [2.05, 4.69) is 10.2 Å². The Bertz CT molecular complexity index is 196. The van der Waals surface area contributed by atoms with Crippen molar-refractivity contribution >= 4 is 5.91 Å². The van der Waals surface area contributed by atoms with E-state index in [0.717, 1.165) is 19.5 Å². The van der Waals surface area contributed by atoms with Crippen molar-refractivity contribution in [1.29, 1.82) is 5.26 Å². The topological polar surface area (TPSA) is 56.1 Å². The van der Waals surface area contributed by atoms with Gasteiger partial charge in [0, 0.05) is 6.54 Å². The number of rotatable bonds is 1. The zero-order valence-electron chi connectivity index (χ0n) is 6.50. The van der Waals surface area contributed by atoms with Gasteiger partial charge in [-0.05, 0) is 20.0 Å². The van der Waals surface area contributed by atoms with Crippen LogP contribution in [0.5, 0.6) is 0 Å². The highest BCUT2D eigenvalue weighted by atomic mass is 16.1. The van der Waals surface area contributed by atoms with Crippen molar-refractivity contribution in [2.45, 2.75) is 6.42 Å². The van der Waals surface area contributed by atoms with Crippen molar-refractivity contribution in [2.75, 3.05) is 20.1 Å². The molecular weight excluding hydrogens is 142 g/mol. The summed E-state index contributed by atoms with van der Waals surface area (Å²) in [6.07, 6.45) is 2.51. The number of hydrogen-bond acceptors (Lipinski definition) is 3. The predicted molar refractivity (Wildman–Crippen MR) is 39.4 cm³/mol. The first kappa shape index (κ1) is 8.02. The Hall–Kier alpha value is -1.08. The summed E-state index contributed by atoms with van der Waals surface area (Å²) in [7, 11) is 1.97. The number of nitriles is 1. The Kier molecular flexibility index (Phi) is 2.44. The minimum absolute atomic E-state index is 0.0136. The smallest absolute Gasteiger partial charge is 0.237 e. The van der Waals surface area contributed by atoms with E-state index in [4.69, 9.17) is 5.26 Å². The second kappa shape index (κ2) is 3.35. The Balaban J connectivity index is 2.38. The van der Waals surface area contributed by atoms with Crippen molar-refractivity contribution < 1.29 is 4.79 Å². The van der Waals surface area contributed by atoms with Crippen molar-refractivity contribution in [3.05, 3.63) is 0 Å². The second-order valence-electron chi connectivity index (χ2n) is 2.85. The molecule has 0 saturated carbocycles. The molecule has 1 aliphatic heterocycles. The predicted octanol–water partition coefficient (Wildman–Crippen LogP) is -0.465. The van der Waals surface area contributed by atoms with Crippen molar-refractivity contribution in [3.63, 3.8) is 0 Å². The molecule has 0 bridgehead atoms. The van der Waals surface area contributed by atoms with Crippen molar-refractivity contribution in [1.82, 2.24) is 10.2 Å². The van der Waals surface area contributed by atoms with Gasteiger partial charge in [0.1, 0.15) is 0 Å². The molecule has 4 heteroatoms. The minimum Gasteiger partial charge on any atom is -0.306 e. The summed E-state index contributed by atoms with van der Waals surface area (Å²) >= 11 is 0. The maximum atomic E-state index is 11.0. The van der Waals surface area contributed by atoms with Gasteiger partial charge < -0.3 is 4.90 Å². The number of nitrogens with zero attached hydrogens (tertiary/aromatic N) is 2. The molecule has 1 aliphatic rings. The van der Waals surface area contributed by atoms with E-state index in [0.29, 0.717) is 0 Å². The quantitative estimate of drug-likeness (QED) is 0.409. The van der Waals surface area contributed by atoms with Crippen LogP contribution in [-0.4, -0.2) is 30.9 Å². The fraction of sp³-hybridized carbons (Fsp3) is 0.714. The van der Waals surface area contributed by atoms with Gasteiger partial charge in [-0.3, -0.25) is 10.1 Å². The molecule has 1 atom stereocenters. The average Bonchev–Trinajstić information content (AvgIpc) is 2.36. The average molecular weight is 153 g/mol. The van der Waals surface area contributed by atoms with Crippen LogP contribution in [0.15, 0.2) is 0 Å². The minimum atomic E-state index is -0.142. The summed E-state index contributed by atoms with van der Waals surface area (Å²) in [5.74, 6) is -0.128. The molecule has 0 aromatic heterocycles. The maximum absolute atomic E-state index is 11.0. The van der Waals surface area contributed by atoms with Crippen LogP contribution >= 0.6 is 0 Å². The number of likely N-dealkylation sites (tertiary alicyclic amines) is 1. The Labute approximate surface area is 65.8 Å². The molecule has 1 fully saturated rings. The van der Waals surface area contributed by atoms with E-state index in [-0.39, 0.29) is 11.8 Å². The fourth-order valence-electron chi connectivity index (χ4n) is 1.31. The standard InChI is InChI=1S/C7H11N3O/c1-10-3-2-6(4-10)7(11)9-5-8/h6H,2-4H2,1H3,(H,9,11). The molecule has 1 amide bonds. The highest BCUT2D eigenvalue weighted by Crippen LogP contribution is 2.13. The zero-order valence-corrected chi connectivity index (χ0v) is 6.50. The monoisotopic (exact) mass is 153 g/mol. The largest absolute Gasteiger partial charge is 0.306 e. The first-order valence-corrected chi connectivity index (χ1v) is 3.61. The van der Waals surface area contributed by atoms with Gasteiger partial charge in [0.25, 0.3) is 0 Å². The number of hydrogen-bond donors (Lipinski definition) is 1. The van der Waals surface area contributed by atoms with Crippen LogP contribution < -0.4 is 5.32 Å². The number of nitrogens with one attached hydrogen (secondary N) is 1. The van der Waals surface area contributed by atoms with Crippen LogP contribution in [0.25, 0.3) is 0 Å². The van der Waals surface area contributed by atoms with E-state index >= 15 is 0 Å². The van der Waals surface area contributed by atoms with Gasteiger partial charge in [0.15, 0.2) is 6.19 Å². The second-order valence-corrected chi connectivity index (χ2v) is 2.85. The highest BCUT2D eigenvalue weighted by Gasteiger charge is 2.25. The van der Waals surface area contributed by atoms with Crippen LogP contribution in [0.4, 0.5) is 0 Å². The third kappa shape index (κ3) is 1.92. The van der Waals surface area contributed by atoms with Crippen molar-refractivity contribution in [3.8, 4) is 6.19 Å². The van der Waals surface area contributed by atoms with Gasteiger partial charge in [-0.15, -0.1) is 0 Å². The molecule has 1 rings (SSSR count). The normalized spacial score (nSPS) is 24.5. The summed E-state index contributed by atoms with van der Waals surface area (Å²) in [5, 5.41) is 10.3. The van der Waals surface area contributed by atoms with Crippen LogP contribution in [0.3, 0.4) is 0 Å². The third-order valence-corrected chi connectivity index (χ3v) is 1.94. The molecule has 1 N–H and O–H groups in total. The van der Waals surface area contributed by atoms with Gasteiger partial charge in [-0.1, -0.05) is 0 Å². The molecule has 0 aromatic rings. The van der Waals surface area contributed by atoms with Gasteiger partial charge >= 0.3 is 0 Å². The Morgan fingerprint density at radius 2 is 2.55 bits per heavy atom. The van der Waals surface area contributed by atoms with E-state index in [1.165, 1.54) is 0 Å². The van der Waals surface area contributed by atoms with E-state index in [1.807, 2.05) is 7.05 Å². The summed E-state index contributed by atoms with van der Waals surface area (Å²) in [4.78, 5) is 13.1. The van der Waals surface area contributed by atoms with Crippen LogP contribution in [0.2, 0.25) is 0 Å². The lowest BCUT2D eigenvalue weighted by molar-refractivity contribution is -0.123. The van der Waals surface area contributed by atoms with Gasteiger partial charge in [-0.2, -0.15) is 5.26 Å². The van der Waals surface area contributed by atoms with Crippen LogP contribution in [0, 0.1) is 17.4 Å². The molecule has 1 saturated heterocycles. The summed E-state index contributed by atoms with van der Waals surface area (Å²) < 4.78 is 0. The van der Waals surface area contributed by atoms with Crippen LogP contribution in [0.1, 0.15) is 6.42 Å². The molecule has 1 unspecified atom stereocenters. The lowest BCUT2D eigenvalue weighted by Crippen LogP contribution is -2.28.